The van der Waals surface area contributed by atoms with Crippen molar-refractivity contribution in [1.82, 2.24) is 4.98 Å². The van der Waals surface area contributed by atoms with E-state index in [1.165, 1.54) is 16.9 Å². The highest BCUT2D eigenvalue weighted by Gasteiger charge is 2.32. The van der Waals surface area contributed by atoms with Gasteiger partial charge in [0.1, 0.15) is 4.88 Å². The van der Waals surface area contributed by atoms with Crippen LogP contribution in [0.2, 0.25) is 0 Å². The summed E-state index contributed by atoms with van der Waals surface area (Å²) >= 11 is 3.26. The molecule has 0 radical (unpaired) electrons. The third-order valence-corrected chi connectivity index (χ3v) is 6.48. The second-order valence-electron chi connectivity index (χ2n) is 6.33. The third-order valence-electron chi connectivity index (χ3n) is 4.14. The molecule has 0 saturated heterocycles. The van der Waals surface area contributed by atoms with E-state index in [1.807, 2.05) is 18.7 Å². The quantitative estimate of drug-likeness (QED) is 0.841. The van der Waals surface area contributed by atoms with E-state index < -0.39 is 0 Å². The van der Waals surface area contributed by atoms with Crippen LogP contribution in [0.25, 0.3) is 10.8 Å². The van der Waals surface area contributed by atoms with Gasteiger partial charge in [0.2, 0.25) is 0 Å². The van der Waals surface area contributed by atoms with Crippen molar-refractivity contribution in [1.29, 1.82) is 0 Å². The Balaban J connectivity index is 2.30. The van der Waals surface area contributed by atoms with Gasteiger partial charge in [-0.2, -0.15) is 0 Å². The van der Waals surface area contributed by atoms with E-state index in [1.54, 1.807) is 0 Å². The minimum atomic E-state index is -0.292. The fraction of sp³-hybridized carbons (Fsp3) is 0.529. The van der Waals surface area contributed by atoms with Gasteiger partial charge in [-0.3, -0.25) is 4.98 Å². The summed E-state index contributed by atoms with van der Waals surface area (Å²) in [6, 6.07) is 0. The van der Waals surface area contributed by atoms with E-state index in [4.69, 9.17) is 15.5 Å². The number of rotatable bonds is 3. The summed E-state index contributed by atoms with van der Waals surface area (Å²) in [5.74, 6) is 0.607. The Labute approximate surface area is 144 Å². The number of thiophene rings is 1. The van der Waals surface area contributed by atoms with Crippen LogP contribution in [-0.2, 0) is 23.3 Å². The molecule has 1 aliphatic rings. The lowest BCUT2D eigenvalue weighted by Gasteiger charge is -2.31. The molecule has 6 heteroatoms. The van der Waals surface area contributed by atoms with Crippen molar-refractivity contribution in [2.24, 2.45) is 0 Å². The maximum absolute atomic E-state index is 12.3. The van der Waals surface area contributed by atoms with E-state index in [0.29, 0.717) is 16.5 Å². The first-order valence-electron chi connectivity index (χ1n) is 7.91. The Morgan fingerprint density at radius 3 is 2.74 bits per heavy atom. The number of carbonyl (C=O) groups excluding carboxylic acids is 1. The number of fused-ring (bicyclic) bond motifs is 3. The number of pyridine rings is 1. The molecule has 4 nitrogen and oxygen atoms in total. The molecule has 0 amide bonds. The lowest BCUT2D eigenvalue weighted by atomic mass is 9.94. The Morgan fingerprint density at radius 2 is 2.09 bits per heavy atom. The SMILES string of the molecule is CCOC(=O)c1sc(N)c2c3c(nc(CC)c12)CSC(C)(C)C3. The van der Waals surface area contributed by atoms with Crippen molar-refractivity contribution in [3.8, 4) is 0 Å². The average Bonchev–Trinajstić information content (AvgIpc) is 2.84. The first-order valence-corrected chi connectivity index (χ1v) is 9.71. The van der Waals surface area contributed by atoms with Gasteiger partial charge in [-0.05, 0) is 25.3 Å². The number of thioether (sulfide) groups is 1. The van der Waals surface area contributed by atoms with Crippen molar-refractivity contribution in [2.45, 2.75) is 51.0 Å². The molecule has 0 aliphatic carbocycles. The number of ether oxygens (including phenoxy) is 1. The summed E-state index contributed by atoms with van der Waals surface area (Å²) < 4.78 is 5.38. The first kappa shape index (κ1) is 16.6. The molecule has 1 aliphatic heterocycles. The molecule has 0 aromatic carbocycles. The van der Waals surface area contributed by atoms with Crippen molar-refractivity contribution in [2.75, 3.05) is 12.3 Å². The Hall–Kier alpha value is -1.27. The van der Waals surface area contributed by atoms with Gasteiger partial charge in [-0.25, -0.2) is 4.79 Å². The van der Waals surface area contributed by atoms with Gasteiger partial charge in [0.15, 0.2) is 0 Å². The molecule has 2 aromatic rings. The van der Waals surface area contributed by atoms with Crippen LogP contribution in [0.5, 0.6) is 0 Å². The smallest absolute Gasteiger partial charge is 0.349 e. The molecule has 0 atom stereocenters. The van der Waals surface area contributed by atoms with Crippen LogP contribution in [0.1, 0.15) is 54.3 Å². The highest BCUT2D eigenvalue weighted by atomic mass is 32.2. The van der Waals surface area contributed by atoms with E-state index in [9.17, 15) is 4.79 Å². The van der Waals surface area contributed by atoms with Gasteiger partial charge in [0.05, 0.1) is 23.0 Å². The predicted octanol–water partition coefficient (Wildman–Crippen LogP) is 4.19. The molecule has 124 valence electrons. The summed E-state index contributed by atoms with van der Waals surface area (Å²) in [4.78, 5) is 17.8. The number of nitrogen functional groups attached to an aromatic ring is 1. The minimum absolute atomic E-state index is 0.161. The Morgan fingerprint density at radius 1 is 1.35 bits per heavy atom. The molecule has 3 heterocycles. The fourth-order valence-corrected chi connectivity index (χ4v) is 5.12. The van der Waals surface area contributed by atoms with Crippen LogP contribution in [0.3, 0.4) is 0 Å². The predicted molar refractivity (Wildman–Crippen MR) is 98.4 cm³/mol. The standard InChI is InChI=1S/C17H22N2O2S2/c1-5-10-13-12(15(18)23-14(13)16(20)21-6-2)9-7-17(3,4)22-8-11(9)19-10/h5-8,18H2,1-4H3. The van der Waals surface area contributed by atoms with Crippen molar-refractivity contribution < 1.29 is 9.53 Å². The summed E-state index contributed by atoms with van der Waals surface area (Å²) in [6.07, 6.45) is 1.70. The number of esters is 1. The zero-order chi connectivity index (χ0) is 16.8. The highest BCUT2D eigenvalue weighted by molar-refractivity contribution is 7.99. The van der Waals surface area contributed by atoms with Gasteiger partial charge in [-0.15, -0.1) is 23.1 Å². The number of aryl methyl sites for hydroxylation is 1. The van der Waals surface area contributed by atoms with Gasteiger partial charge >= 0.3 is 5.97 Å². The zero-order valence-electron chi connectivity index (χ0n) is 14.0. The van der Waals surface area contributed by atoms with E-state index in [-0.39, 0.29) is 10.7 Å². The number of aromatic nitrogens is 1. The Bertz CT molecular complexity index is 781. The monoisotopic (exact) mass is 350 g/mol. The summed E-state index contributed by atoms with van der Waals surface area (Å²) in [5, 5.41) is 2.65. The highest BCUT2D eigenvalue weighted by Crippen LogP contribution is 2.45. The molecule has 2 N–H and O–H groups in total. The lowest BCUT2D eigenvalue weighted by Crippen LogP contribution is -2.25. The topological polar surface area (TPSA) is 65.2 Å². The molecule has 0 fully saturated rings. The van der Waals surface area contributed by atoms with Crippen LogP contribution in [0.15, 0.2) is 0 Å². The lowest BCUT2D eigenvalue weighted by molar-refractivity contribution is 0.0534. The van der Waals surface area contributed by atoms with Gasteiger partial charge in [0.25, 0.3) is 0 Å². The summed E-state index contributed by atoms with van der Waals surface area (Å²) in [5.41, 5.74) is 9.61. The zero-order valence-corrected chi connectivity index (χ0v) is 15.6. The normalized spacial score (nSPS) is 16.3. The molecular formula is C17H22N2O2S2. The molecule has 2 aromatic heterocycles. The molecule has 0 saturated carbocycles. The number of hydrogen-bond donors (Lipinski definition) is 1. The Kier molecular flexibility index (Phi) is 4.31. The molecule has 23 heavy (non-hydrogen) atoms. The summed E-state index contributed by atoms with van der Waals surface area (Å²) in [6.45, 7) is 8.74. The molecule has 0 spiro atoms. The molecule has 0 bridgehead atoms. The number of carbonyl (C=O) groups is 1. The van der Waals surface area contributed by atoms with Gasteiger partial charge < -0.3 is 10.5 Å². The largest absolute Gasteiger partial charge is 0.462 e. The minimum Gasteiger partial charge on any atom is -0.462 e. The first-order chi connectivity index (χ1) is 10.9. The van der Waals surface area contributed by atoms with Gasteiger partial charge in [0, 0.05) is 21.3 Å². The van der Waals surface area contributed by atoms with Crippen LogP contribution in [0, 0.1) is 0 Å². The van der Waals surface area contributed by atoms with E-state index >= 15 is 0 Å². The number of nitrogens with two attached hydrogens (primary N) is 1. The number of nitrogens with zero attached hydrogens (tertiary/aromatic N) is 1. The van der Waals surface area contributed by atoms with Crippen LogP contribution < -0.4 is 5.73 Å². The van der Waals surface area contributed by atoms with Crippen LogP contribution in [-0.4, -0.2) is 22.3 Å². The van der Waals surface area contributed by atoms with Crippen molar-refractivity contribution in [3.63, 3.8) is 0 Å². The second kappa shape index (κ2) is 5.98. The maximum atomic E-state index is 12.3. The maximum Gasteiger partial charge on any atom is 0.349 e. The van der Waals surface area contributed by atoms with E-state index in [0.717, 1.165) is 40.8 Å². The summed E-state index contributed by atoms with van der Waals surface area (Å²) in [7, 11) is 0. The second-order valence-corrected chi connectivity index (χ2v) is 9.06. The van der Waals surface area contributed by atoms with Crippen molar-refractivity contribution in [3.05, 3.63) is 21.8 Å². The molecule has 3 rings (SSSR count). The average molecular weight is 351 g/mol. The third kappa shape index (κ3) is 2.83. The van der Waals surface area contributed by atoms with Crippen molar-refractivity contribution >= 4 is 44.8 Å². The van der Waals surface area contributed by atoms with E-state index in [2.05, 4.69) is 20.8 Å². The van der Waals surface area contributed by atoms with Crippen LogP contribution >= 0.6 is 23.1 Å². The number of hydrogen-bond acceptors (Lipinski definition) is 6. The fourth-order valence-electron chi connectivity index (χ4n) is 3.10. The molecule has 0 unspecified atom stereocenters. The van der Waals surface area contributed by atoms with Crippen LogP contribution in [0.4, 0.5) is 5.00 Å². The number of anilines is 1. The molecular weight excluding hydrogens is 328 g/mol. The van der Waals surface area contributed by atoms with Gasteiger partial charge in [-0.1, -0.05) is 20.8 Å².